The van der Waals surface area contributed by atoms with Crippen LogP contribution in [0, 0.1) is 5.92 Å². The van der Waals surface area contributed by atoms with Crippen LogP contribution in [-0.2, 0) is 0 Å². The van der Waals surface area contributed by atoms with Crippen molar-refractivity contribution in [2.45, 2.75) is 51.3 Å². The number of alkyl halides is 1. The zero-order valence-electron chi connectivity index (χ0n) is 7.77. The van der Waals surface area contributed by atoms with Gasteiger partial charge < -0.3 is 0 Å². The number of hydrogen-bond acceptors (Lipinski definition) is 0. The first kappa shape index (κ1) is 14.5. The van der Waals surface area contributed by atoms with Crippen molar-refractivity contribution in [3.63, 3.8) is 0 Å². The molecule has 1 unspecified atom stereocenters. The topological polar surface area (TPSA) is 0 Å². The molecule has 0 bridgehead atoms. The van der Waals surface area contributed by atoms with Gasteiger partial charge in [0.15, 0.2) is 0 Å². The molecule has 0 N–H and O–H groups in total. The molecule has 0 nitrogen and oxygen atoms in total. The Morgan fingerprint density at radius 1 is 1.27 bits per heavy atom. The summed E-state index contributed by atoms with van der Waals surface area (Å²) in [5, 5.41) is 0. The maximum Gasteiger partial charge on any atom is 0.0148 e. The maximum atomic E-state index is 3.68. The molecule has 0 fully saturated rings. The van der Waals surface area contributed by atoms with Gasteiger partial charge in [-0.05, 0) is 18.8 Å². The predicted molar refractivity (Wildman–Crippen MR) is 62.0 cm³/mol. The molecule has 0 aromatic heterocycles. The van der Waals surface area contributed by atoms with Gasteiger partial charge in [0.2, 0.25) is 0 Å². The minimum Gasteiger partial charge on any atom is -0.114 e. The van der Waals surface area contributed by atoms with Gasteiger partial charge in [0.05, 0.1) is 0 Å². The SMILES string of the molecule is Br.CCCCC(Br)CC(C)C. The van der Waals surface area contributed by atoms with E-state index in [1.165, 1.54) is 25.7 Å². The summed E-state index contributed by atoms with van der Waals surface area (Å²) in [7, 11) is 0. The molecule has 1 atom stereocenters. The van der Waals surface area contributed by atoms with E-state index >= 15 is 0 Å². The molecule has 0 radical (unpaired) electrons. The second-order valence-electron chi connectivity index (χ2n) is 3.37. The van der Waals surface area contributed by atoms with Gasteiger partial charge in [-0.3, -0.25) is 0 Å². The molecule has 0 saturated heterocycles. The summed E-state index contributed by atoms with van der Waals surface area (Å²) >= 11 is 3.68. The second-order valence-corrected chi connectivity index (χ2v) is 4.66. The van der Waals surface area contributed by atoms with Crippen molar-refractivity contribution >= 4 is 32.9 Å². The van der Waals surface area contributed by atoms with Gasteiger partial charge in [0, 0.05) is 4.83 Å². The van der Waals surface area contributed by atoms with E-state index in [2.05, 4.69) is 36.7 Å². The van der Waals surface area contributed by atoms with Crippen LogP contribution in [0.4, 0.5) is 0 Å². The smallest absolute Gasteiger partial charge is 0.0148 e. The fraction of sp³-hybridized carbons (Fsp3) is 1.00. The van der Waals surface area contributed by atoms with Gasteiger partial charge in [-0.25, -0.2) is 0 Å². The molecule has 0 amide bonds. The van der Waals surface area contributed by atoms with Crippen LogP contribution >= 0.6 is 32.9 Å². The number of halogens is 2. The average Bonchev–Trinajstić information content (AvgIpc) is 1.82. The van der Waals surface area contributed by atoms with Gasteiger partial charge in [0.25, 0.3) is 0 Å². The Bertz CT molecular complexity index is 72.0. The van der Waals surface area contributed by atoms with Crippen molar-refractivity contribution in [1.82, 2.24) is 0 Å². The van der Waals surface area contributed by atoms with Gasteiger partial charge in [-0.1, -0.05) is 49.5 Å². The minimum absolute atomic E-state index is 0. The molecule has 0 aromatic carbocycles. The largest absolute Gasteiger partial charge is 0.114 e. The number of rotatable bonds is 5. The average molecular weight is 288 g/mol. The van der Waals surface area contributed by atoms with Crippen LogP contribution in [0.25, 0.3) is 0 Å². The van der Waals surface area contributed by atoms with Crippen LogP contribution in [0.3, 0.4) is 0 Å². The van der Waals surface area contributed by atoms with Gasteiger partial charge in [-0.15, -0.1) is 17.0 Å². The van der Waals surface area contributed by atoms with E-state index in [0.717, 1.165) is 10.7 Å². The molecular formula is C9H20Br2. The van der Waals surface area contributed by atoms with Gasteiger partial charge in [-0.2, -0.15) is 0 Å². The lowest BCUT2D eigenvalue weighted by atomic mass is 10.0. The zero-order valence-corrected chi connectivity index (χ0v) is 11.1. The van der Waals surface area contributed by atoms with E-state index in [0.29, 0.717) is 0 Å². The molecule has 0 rings (SSSR count). The first-order valence-corrected chi connectivity index (χ1v) is 5.22. The monoisotopic (exact) mass is 286 g/mol. The van der Waals surface area contributed by atoms with Crippen molar-refractivity contribution < 1.29 is 0 Å². The zero-order chi connectivity index (χ0) is 7.98. The Balaban J connectivity index is 0. The number of hydrogen-bond donors (Lipinski definition) is 0. The second kappa shape index (κ2) is 9.05. The van der Waals surface area contributed by atoms with Crippen molar-refractivity contribution in [2.24, 2.45) is 5.92 Å². The van der Waals surface area contributed by atoms with Crippen LogP contribution in [0.15, 0.2) is 0 Å². The summed E-state index contributed by atoms with van der Waals surface area (Å²) in [6.07, 6.45) is 5.34. The fourth-order valence-electron chi connectivity index (χ4n) is 1.05. The highest BCUT2D eigenvalue weighted by Gasteiger charge is 2.04. The lowest BCUT2D eigenvalue weighted by Crippen LogP contribution is -2.01. The Morgan fingerprint density at radius 2 is 1.82 bits per heavy atom. The molecule has 0 aromatic rings. The highest BCUT2D eigenvalue weighted by Crippen LogP contribution is 2.17. The molecular weight excluding hydrogens is 268 g/mol. The molecule has 0 aliphatic carbocycles. The number of unbranched alkanes of at least 4 members (excludes halogenated alkanes) is 1. The molecule has 0 saturated carbocycles. The highest BCUT2D eigenvalue weighted by atomic mass is 79.9. The molecule has 0 spiro atoms. The van der Waals surface area contributed by atoms with Gasteiger partial charge in [0.1, 0.15) is 0 Å². The predicted octanol–water partition coefficient (Wildman–Crippen LogP) is 4.56. The summed E-state index contributed by atoms with van der Waals surface area (Å²) in [5.74, 6) is 0.834. The lowest BCUT2D eigenvalue weighted by molar-refractivity contribution is 0.541. The third-order valence-corrected chi connectivity index (χ3v) is 2.43. The van der Waals surface area contributed by atoms with Crippen LogP contribution in [0.2, 0.25) is 0 Å². The maximum absolute atomic E-state index is 3.68. The standard InChI is InChI=1S/C9H19Br.BrH/c1-4-5-6-9(10)7-8(2)3;/h8-9H,4-7H2,1-3H3;1H. The first-order chi connectivity index (χ1) is 4.66. The Kier molecular flexibility index (Phi) is 11.9. The van der Waals surface area contributed by atoms with E-state index in [1.54, 1.807) is 0 Å². The molecule has 70 valence electrons. The van der Waals surface area contributed by atoms with Crippen LogP contribution in [0.1, 0.15) is 46.5 Å². The fourth-order valence-corrected chi connectivity index (χ4v) is 2.13. The van der Waals surface area contributed by atoms with E-state index in [9.17, 15) is 0 Å². The summed E-state index contributed by atoms with van der Waals surface area (Å²) in [4.78, 5) is 0.757. The Morgan fingerprint density at radius 3 is 2.18 bits per heavy atom. The minimum atomic E-state index is 0. The molecule has 0 aliphatic rings. The van der Waals surface area contributed by atoms with E-state index in [1.807, 2.05) is 0 Å². The van der Waals surface area contributed by atoms with E-state index < -0.39 is 0 Å². The van der Waals surface area contributed by atoms with E-state index in [-0.39, 0.29) is 17.0 Å². The summed E-state index contributed by atoms with van der Waals surface area (Å²) < 4.78 is 0. The summed E-state index contributed by atoms with van der Waals surface area (Å²) in [6, 6.07) is 0. The van der Waals surface area contributed by atoms with Crippen LogP contribution in [0.5, 0.6) is 0 Å². The van der Waals surface area contributed by atoms with E-state index in [4.69, 9.17) is 0 Å². The van der Waals surface area contributed by atoms with Crippen molar-refractivity contribution in [1.29, 1.82) is 0 Å². The molecule has 0 aliphatic heterocycles. The van der Waals surface area contributed by atoms with Crippen LogP contribution < -0.4 is 0 Å². The highest BCUT2D eigenvalue weighted by molar-refractivity contribution is 9.09. The summed E-state index contributed by atoms with van der Waals surface area (Å²) in [5.41, 5.74) is 0. The molecule has 0 heterocycles. The Labute approximate surface area is 90.0 Å². The van der Waals surface area contributed by atoms with Crippen molar-refractivity contribution in [3.8, 4) is 0 Å². The van der Waals surface area contributed by atoms with Crippen LogP contribution in [-0.4, -0.2) is 4.83 Å². The lowest BCUT2D eigenvalue weighted by Gasteiger charge is -2.10. The third kappa shape index (κ3) is 11.0. The van der Waals surface area contributed by atoms with Crippen molar-refractivity contribution in [3.05, 3.63) is 0 Å². The first-order valence-electron chi connectivity index (χ1n) is 4.30. The summed E-state index contributed by atoms with van der Waals surface area (Å²) in [6.45, 7) is 6.80. The molecule has 11 heavy (non-hydrogen) atoms. The Hall–Kier alpha value is 0.960. The normalized spacial score (nSPS) is 12.8. The third-order valence-electron chi connectivity index (χ3n) is 1.60. The van der Waals surface area contributed by atoms with Gasteiger partial charge >= 0.3 is 0 Å². The molecule has 2 heteroatoms. The quantitative estimate of drug-likeness (QED) is 0.650. The van der Waals surface area contributed by atoms with Crippen molar-refractivity contribution in [2.75, 3.05) is 0 Å².